The fraction of sp³-hybridized carbons (Fsp3) is 0.538. The molecule has 90 valence electrons. The van der Waals surface area contributed by atoms with Gasteiger partial charge in [0.1, 0.15) is 11.9 Å². The highest BCUT2D eigenvalue weighted by Gasteiger charge is 2.07. The van der Waals surface area contributed by atoms with Crippen molar-refractivity contribution in [2.75, 3.05) is 12.8 Å². The zero-order chi connectivity index (χ0) is 12.0. The summed E-state index contributed by atoms with van der Waals surface area (Å²) in [7, 11) is 0. The number of thioether (sulfide) groups is 1. The molecule has 0 aromatic heterocycles. The highest BCUT2D eigenvalue weighted by molar-refractivity contribution is 7.98. The molecule has 1 N–H and O–H groups in total. The third-order valence-corrected chi connectivity index (χ3v) is 2.99. The van der Waals surface area contributed by atoms with E-state index in [1.54, 1.807) is 11.8 Å². The lowest BCUT2D eigenvalue weighted by Crippen LogP contribution is -2.33. The van der Waals surface area contributed by atoms with Crippen molar-refractivity contribution in [1.29, 1.82) is 0 Å². The summed E-state index contributed by atoms with van der Waals surface area (Å²) in [5.74, 6) is 0.980. The number of hydrogen-bond donors (Lipinski definition) is 1. The summed E-state index contributed by atoms with van der Waals surface area (Å²) >= 11 is 1.72. The minimum atomic E-state index is 0.190. The van der Waals surface area contributed by atoms with Crippen molar-refractivity contribution >= 4 is 11.8 Å². The van der Waals surface area contributed by atoms with E-state index >= 15 is 0 Å². The molecule has 1 atom stereocenters. The number of hydrogen-bond acceptors (Lipinski definition) is 3. The summed E-state index contributed by atoms with van der Waals surface area (Å²) in [5.41, 5.74) is 0. The van der Waals surface area contributed by atoms with Gasteiger partial charge >= 0.3 is 0 Å². The summed E-state index contributed by atoms with van der Waals surface area (Å²) in [6.07, 6.45) is 2.26. The molecule has 0 radical (unpaired) electrons. The molecule has 3 heteroatoms. The van der Waals surface area contributed by atoms with E-state index in [1.807, 2.05) is 18.2 Å². The first-order valence-corrected chi connectivity index (χ1v) is 6.89. The van der Waals surface area contributed by atoms with Gasteiger partial charge in [0.05, 0.1) is 0 Å². The summed E-state index contributed by atoms with van der Waals surface area (Å²) in [6.45, 7) is 7.25. The molecule has 0 spiro atoms. The van der Waals surface area contributed by atoms with Gasteiger partial charge in [-0.25, -0.2) is 0 Å². The van der Waals surface area contributed by atoms with E-state index in [0.29, 0.717) is 6.04 Å². The van der Waals surface area contributed by atoms with E-state index in [-0.39, 0.29) is 6.10 Å². The van der Waals surface area contributed by atoms with Crippen molar-refractivity contribution in [3.8, 4) is 5.75 Å². The topological polar surface area (TPSA) is 21.3 Å². The van der Waals surface area contributed by atoms with E-state index in [9.17, 15) is 0 Å². The molecule has 1 rings (SSSR count). The lowest BCUT2D eigenvalue weighted by Gasteiger charge is -2.18. The molecular formula is C13H21NOS. The van der Waals surface area contributed by atoms with Crippen LogP contribution in [0, 0.1) is 0 Å². The molecule has 2 nitrogen and oxygen atoms in total. The van der Waals surface area contributed by atoms with Gasteiger partial charge in [-0.05, 0) is 25.3 Å². The molecule has 0 fully saturated rings. The zero-order valence-corrected chi connectivity index (χ0v) is 11.3. The summed E-state index contributed by atoms with van der Waals surface area (Å²) in [6, 6.07) is 8.66. The minimum Gasteiger partial charge on any atom is -0.488 e. The van der Waals surface area contributed by atoms with Crippen molar-refractivity contribution < 1.29 is 4.74 Å². The van der Waals surface area contributed by atoms with Crippen LogP contribution in [0.15, 0.2) is 29.2 Å². The second-order valence-corrected chi connectivity index (χ2v) is 4.99. The Kier molecular flexibility index (Phi) is 5.71. The van der Waals surface area contributed by atoms with Crippen LogP contribution in [-0.4, -0.2) is 24.9 Å². The van der Waals surface area contributed by atoms with E-state index in [1.165, 1.54) is 4.90 Å². The number of benzene rings is 1. The Balaban J connectivity index is 2.51. The first-order valence-electron chi connectivity index (χ1n) is 5.66. The Labute approximate surface area is 103 Å². The number of ether oxygens (including phenoxy) is 1. The standard InChI is InChI=1S/C13H21NOS/c1-10(2)14-9-11(3)15-12-7-5-6-8-13(12)16-4/h5-8,10-11,14H,9H2,1-4H3. The molecule has 0 bridgehead atoms. The van der Waals surface area contributed by atoms with Crippen LogP contribution in [-0.2, 0) is 0 Å². The first-order chi connectivity index (χ1) is 7.63. The monoisotopic (exact) mass is 239 g/mol. The third kappa shape index (κ3) is 4.45. The first kappa shape index (κ1) is 13.4. The van der Waals surface area contributed by atoms with Crippen LogP contribution in [0.25, 0.3) is 0 Å². The number of para-hydroxylation sites is 1. The van der Waals surface area contributed by atoms with Crippen molar-refractivity contribution in [2.24, 2.45) is 0 Å². The van der Waals surface area contributed by atoms with Crippen LogP contribution in [0.2, 0.25) is 0 Å². The Bertz CT molecular complexity index is 315. The maximum Gasteiger partial charge on any atom is 0.133 e. The van der Waals surface area contributed by atoms with Gasteiger partial charge in [0.25, 0.3) is 0 Å². The average molecular weight is 239 g/mol. The minimum absolute atomic E-state index is 0.190. The van der Waals surface area contributed by atoms with E-state index in [4.69, 9.17) is 4.74 Å². The van der Waals surface area contributed by atoms with Gasteiger partial charge in [0.2, 0.25) is 0 Å². The van der Waals surface area contributed by atoms with Crippen molar-refractivity contribution in [3.63, 3.8) is 0 Å². The van der Waals surface area contributed by atoms with Gasteiger partial charge < -0.3 is 10.1 Å². The largest absolute Gasteiger partial charge is 0.488 e. The molecule has 0 heterocycles. The molecule has 1 aromatic carbocycles. The molecular weight excluding hydrogens is 218 g/mol. The zero-order valence-electron chi connectivity index (χ0n) is 10.5. The highest BCUT2D eigenvalue weighted by atomic mass is 32.2. The summed E-state index contributed by atoms with van der Waals surface area (Å²) in [4.78, 5) is 1.19. The average Bonchev–Trinajstić information content (AvgIpc) is 2.27. The lowest BCUT2D eigenvalue weighted by molar-refractivity contribution is 0.208. The smallest absolute Gasteiger partial charge is 0.133 e. The van der Waals surface area contributed by atoms with Gasteiger partial charge in [0, 0.05) is 17.5 Å². The van der Waals surface area contributed by atoms with Crippen LogP contribution in [0.1, 0.15) is 20.8 Å². The highest BCUT2D eigenvalue weighted by Crippen LogP contribution is 2.27. The van der Waals surface area contributed by atoms with Gasteiger partial charge in [0.15, 0.2) is 0 Å². The SMILES string of the molecule is CSc1ccccc1OC(C)CNC(C)C. The molecule has 16 heavy (non-hydrogen) atoms. The van der Waals surface area contributed by atoms with E-state index < -0.39 is 0 Å². The molecule has 0 saturated carbocycles. The maximum atomic E-state index is 5.90. The second kappa shape index (κ2) is 6.81. The fourth-order valence-electron chi connectivity index (χ4n) is 1.38. The van der Waals surface area contributed by atoms with Gasteiger partial charge in [-0.15, -0.1) is 11.8 Å². The molecule has 1 unspecified atom stereocenters. The van der Waals surface area contributed by atoms with Crippen LogP contribution < -0.4 is 10.1 Å². The van der Waals surface area contributed by atoms with Crippen molar-refractivity contribution in [1.82, 2.24) is 5.32 Å². The van der Waals surface area contributed by atoms with E-state index in [2.05, 4.69) is 38.4 Å². The van der Waals surface area contributed by atoms with Crippen LogP contribution in [0.3, 0.4) is 0 Å². The van der Waals surface area contributed by atoms with Crippen molar-refractivity contribution in [2.45, 2.75) is 37.8 Å². The van der Waals surface area contributed by atoms with Gasteiger partial charge in [-0.2, -0.15) is 0 Å². The Hall–Kier alpha value is -0.670. The quantitative estimate of drug-likeness (QED) is 0.770. The molecule has 0 aliphatic rings. The molecule has 1 aromatic rings. The molecule has 0 aliphatic heterocycles. The Morgan fingerprint density at radius 1 is 1.25 bits per heavy atom. The van der Waals surface area contributed by atoms with Gasteiger partial charge in [-0.3, -0.25) is 0 Å². The Morgan fingerprint density at radius 2 is 1.94 bits per heavy atom. The predicted octanol–water partition coefficient (Wildman–Crippen LogP) is 3.17. The maximum absolute atomic E-state index is 5.90. The van der Waals surface area contributed by atoms with Crippen LogP contribution in [0.4, 0.5) is 0 Å². The van der Waals surface area contributed by atoms with E-state index in [0.717, 1.165) is 12.3 Å². The second-order valence-electron chi connectivity index (χ2n) is 4.14. The fourth-order valence-corrected chi connectivity index (χ4v) is 1.91. The Morgan fingerprint density at radius 3 is 2.56 bits per heavy atom. The summed E-state index contributed by atoms with van der Waals surface area (Å²) in [5, 5.41) is 3.37. The molecule has 0 amide bonds. The summed E-state index contributed by atoms with van der Waals surface area (Å²) < 4.78 is 5.90. The molecule has 0 aliphatic carbocycles. The van der Waals surface area contributed by atoms with Crippen LogP contribution in [0.5, 0.6) is 5.75 Å². The number of rotatable bonds is 6. The number of nitrogens with one attached hydrogen (secondary N) is 1. The third-order valence-electron chi connectivity index (χ3n) is 2.21. The van der Waals surface area contributed by atoms with Crippen molar-refractivity contribution in [3.05, 3.63) is 24.3 Å². The lowest BCUT2D eigenvalue weighted by atomic mass is 10.3. The van der Waals surface area contributed by atoms with Gasteiger partial charge in [-0.1, -0.05) is 26.0 Å². The normalized spacial score (nSPS) is 12.8. The van der Waals surface area contributed by atoms with Crippen LogP contribution >= 0.6 is 11.8 Å². The predicted molar refractivity (Wildman–Crippen MR) is 71.5 cm³/mol. The molecule has 0 saturated heterocycles.